The van der Waals surface area contributed by atoms with Crippen LogP contribution in [0.1, 0.15) is 11.7 Å². The van der Waals surface area contributed by atoms with E-state index in [1.807, 2.05) is 0 Å². The Morgan fingerprint density at radius 3 is 2.31 bits per heavy atom. The monoisotopic (exact) mass is 182 g/mol. The minimum atomic E-state index is -1.05. The van der Waals surface area contributed by atoms with E-state index in [0.717, 1.165) is 0 Å². The van der Waals surface area contributed by atoms with Crippen molar-refractivity contribution >= 4 is 5.97 Å². The van der Waals surface area contributed by atoms with Gasteiger partial charge in [-0.25, -0.2) is 4.79 Å². The molecule has 0 saturated carbocycles. The second kappa shape index (κ2) is 3.91. The Hall–Kier alpha value is -1.55. The van der Waals surface area contributed by atoms with E-state index in [0.29, 0.717) is 5.56 Å². The lowest BCUT2D eigenvalue weighted by Gasteiger charge is -2.09. The maximum absolute atomic E-state index is 10.6. The third-order valence-corrected chi connectivity index (χ3v) is 1.66. The normalized spacial score (nSPS) is 12.4. The van der Waals surface area contributed by atoms with E-state index in [9.17, 15) is 4.79 Å². The van der Waals surface area contributed by atoms with E-state index in [1.54, 1.807) is 0 Å². The van der Waals surface area contributed by atoms with E-state index in [4.69, 9.17) is 14.9 Å². The van der Waals surface area contributed by atoms with Gasteiger partial charge in [-0.2, -0.15) is 0 Å². The zero-order chi connectivity index (χ0) is 9.84. The topological polar surface area (TPSA) is 66.8 Å². The zero-order valence-corrected chi connectivity index (χ0v) is 7.10. The molecule has 1 rings (SSSR count). The highest BCUT2D eigenvalue weighted by Gasteiger charge is 2.18. The van der Waals surface area contributed by atoms with Crippen LogP contribution in [-0.2, 0) is 9.53 Å². The summed E-state index contributed by atoms with van der Waals surface area (Å²) in [5.74, 6) is -0.947. The van der Waals surface area contributed by atoms with Gasteiger partial charge < -0.3 is 14.9 Å². The van der Waals surface area contributed by atoms with Gasteiger partial charge in [-0.15, -0.1) is 0 Å². The largest absolute Gasteiger partial charge is 0.508 e. The first-order chi connectivity index (χ1) is 6.15. The Bertz CT molecular complexity index is 291. The van der Waals surface area contributed by atoms with Crippen LogP contribution in [0.4, 0.5) is 0 Å². The summed E-state index contributed by atoms with van der Waals surface area (Å²) in [7, 11) is 1.33. The fourth-order valence-corrected chi connectivity index (χ4v) is 1.03. The van der Waals surface area contributed by atoms with Crippen molar-refractivity contribution in [2.45, 2.75) is 6.10 Å². The van der Waals surface area contributed by atoms with E-state index in [2.05, 4.69) is 0 Å². The van der Waals surface area contributed by atoms with Gasteiger partial charge in [0.25, 0.3) is 0 Å². The Morgan fingerprint density at radius 2 is 1.92 bits per heavy atom. The molecule has 0 radical (unpaired) electrons. The minimum Gasteiger partial charge on any atom is -0.508 e. The van der Waals surface area contributed by atoms with Gasteiger partial charge in [0, 0.05) is 7.11 Å². The lowest BCUT2D eigenvalue weighted by Crippen LogP contribution is -2.13. The first kappa shape index (κ1) is 9.54. The molecule has 0 heterocycles. The van der Waals surface area contributed by atoms with E-state index in [-0.39, 0.29) is 5.75 Å². The molecule has 70 valence electrons. The van der Waals surface area contributed by atoms with E-state index in [1.165, 1.54) is 31.4 Å². The van der Waals surface area contributed by atoms with Crippen LogP contribution in [0.5, 0.6) is 5.75 Å². The highest BCUT2D eigenvalue weighted by Crippen LogP contribution is 2.19. The number of methoxy groups -OCH3 is 1. The Labute approximate surface area is 75.4 Å². The molecule has 13 heavy (non-hydrogen) atoms. The number of aromatic hydroxyl groups is 1. The highest BCUT2D eigenvalue weighted by atomic mass is 16.5. The van der Waals surface area contributed by atoms with Crippen molar-refractivity contribution in [2.75, 3.05) is 7.11 Å². The van der Waals surface area contributed by atoms with Gasteiger partial charge in [0.15, 0.2) is 6.10 Å². The molecule has 0 spiro atoms. The van der Waals surface area contributed by atoms with Crippen LogP contribution >= 0.6 is 0 Å². The minimum absolute atomic E-state index is 0.101. The number of carbonyl (C=O) groups is 1. The molecule has 1 atom stereocenters. The number of rotatable bonds is 3. The van der Waals surface area contributed by atoms with Crippen molar-refractivity contribution in [2.24, 2.45) is 0 Å². The molecule has 1 aromatic rings. The van der Waals surface area contributed by atoms with E-state index >= 15 is 0 Å². The summed E-state index contributed by atoms with van der Waals surface area (Å²) < 4.78 is 4.76. The quantitative estimate of drug-likeness (QED) is 0.736. The number of benzene rings is 1. The summed E-state index contributed by atoms with van der Waals surface area (Å²) in [5.41, 5.74) is 0.507. The summed E-state index contributed by atoms with van der Waals surface area (Å²) in [6.45, 7) is 0. The number of ether oxygens (including phenoxy) is 1. The Balaban J connectivity index is 2.92. The fraction of sp³-hybridized carbons (Fsp3) is 0.222. The summed E-state index contributed by atoms with van der Waals surface area (Å²) in [6.07, 6.45) is -0.972. The summed E-state index contributed by atoms with van der Waals surface area (Å²) >= 11 is 0. The van der Waals surface area contributed by atoms with Crippen molar-refractivity contribution in [1.29, 1.82) is 0 Å². The van der Waals surface area contributed by atoms with Crippen molar-refractivity contribution in [3.8, 4) is 5.75 Å². The molecule has 4 heteroatoms. The first-order valence-corrected chi connectivity index (χ1v) is 3.69. The molecular weight excluding hydrogens is 172 g/mol. The number of hydrogen-bond acceptors (Lipinski definition) is 3. The van der Waals surface area contributed by atoms with Gasteiger partial charge in [-0.3, -0.25) is 0 Å². The molecule has 0 saturated heterocycles. The number of carboxylic acids is 1. The third-order valence-electron chi connectivity index (χ3n) is 1.66. The standard InChI is InChI=1S/C9H10O4/c1-13-8(9(11)12)6-2-4-7(10)5-3-6/h2-5,8,10H,1H3,(H,11,12)/t8-/m1/s1. The van der Waals surface area contributed by atoms with Gasteiger partial charge in [0.05, 0.1) is 0 Å². The van der Waals surface area contributed by atoms with Crippen LogP contribution in [0, 0.1) is 0 Å². The van der Waals surface area contributed by atoms with Gasteiger partial charge in [0.2, 0.25) is 0 Å². The van der Waals surface area contributed by atoms with Gasteiger partial charge in [-0.05, 0) is 17.7 Å². The Kier molecular flexibility index (Phi) is 2.87. The van der Waals surface area contributed by atoms with Crippen molar-refractivity contribution in [1.82, 2.24) is 0 Å². The molecule has 2 N–H and O–H groups in total. The van der Waals surface area contributed by atoms with Crippen LogP contribution < -0.4 is 0 Å². The second-order valence-electron chi connectivity index (χ2n) is 2.55. The first-order valence-electron chi connectivity index (χ1n) is 3.69. The molecule has 0 fully saturated rings. The molecular formula is C9H10O4. The van der Waals surface area contributed by atoms with Crippen LogP contribution in [0.3, 0.4) is 0 Å². The third kappa shape index (κ3) is 2.19. The predicted octanol–water partition coefficient (Wildman–Crippen LogP) is 1.16. The van der Waals surface area contributed by atoms with Crippen LogP contribution in [0.15, 0.2) is 24.3 Å². The summed E-state index contributed by atoms with van der Waals surface area (Å²) in [6, 6.07) is 5.86. The number of aliphatic carboxylic acids is 1. The van der Waals surface area contributed by atoms with Crippen LogP contribution in [0.25, 0.3) is 0 Å². The fourth-order valence-electron chi connectivity index (χ4n) is 1.03. The number of phenolic OH excluding ortho intramolecular Hbond substituents is 1. The SMILES string of the molecule is CO[C@@H](C(=O)O)c1ccc(O)cc1. The molecule has 0 aromatic heterocycles. The van der Waals surface area contributed by atoms with Gasteiger partial charge >= 0.3 is 5.97 Å². The van der Waals surface area contributed by atoms with E-state index < -0.39 is 12.1 Å². The molecule has 1 aromatic carbocycles. The smallest absolute Gasteiger partial charge is 0.337 e. The van der Waals surface area contributed by atoms with Gasteiger partial charge in [-0.1, -0.05) is 12.1 Å². The molecule has 0 aliphatic heterocycles. The molecule has 0 amide bonds. The molecule has 0 aliphatic rings. The highest BCUT2D eigenvalue weighted by molar-refractivity contribution is 5.74. The molecule has 0 aliphatic carbocycles. The van der Waals surface area contributed by atoms with Crippen molar-refractivity contribution in [3.63, 3.8) is 0 Å². The van der Waals surface area contributed by atoms with Crippen LogP contribution in [0.2, 0.25) is 0 Å². The van der Waals surface area contributed by atoms with Crippen LogP contribution in [-0.4, -0.2) is 23.3 Å². The predicted molar refractivity (Wildman–Crippen MR) is 45.5 cm³/mol. The number of hydrogen-bond donors (Lipinski definition) is 2. The maximum atomic E-state index is 10.6. The van der Waals surface area contributed by atoms with Gasteiger partial charge in [0.1, 0.15) is 5.75 Å². The lowest BCUT2D eigenvalue weighted by atomic mass is 10.1. The van der Waals surface area contributed by atoms with Crippen molar-refractivity contribution < 1.29 is 19.7 Å². The lowest BCUT2D eigenvalue weighted by molar-refractivity contribution is -0.148. The zero-order valence-electron chi connectivity index (χ0n) is 7.10. The summed E-state index contributed by atoms with van der Waals surface area (Å²) in [4.78, 5) is 10.6. The average molecular weight is 182 g/mol. The number of phenols is 1. The Morgan fingerprint density at radius 1 is 1.38 bits per heavy atom. The summed E-state index contributed by atoms with van der Waals surface area (Å²) in [5, 5.41) is 17.7. The molecule has 0 bridgehead atoms. The second-order valence-corrected chi connectivity index (χ2v) is 2.55. The average Bonchev–Trinajstić information content (AvgIpc) is 2.09. The molecule has 4 nitrogen and oxygen atoms in total. The number of carboxylic acid groups (broad SMARTS) is 1. The molecule has 0 unspecified atom stereocenters. The maximum Gasteiger partial charge on any atom is 0.337 e. The van der Waals surface area contributed by atoms with Crippen molar-refractivity contribution in [3.05, 3.63) is 29.8 Å².